The maximum Gasteiger partial charge on any atom is 0.155 e. The van der Waals surface area contributed by atoms with Crippen LogP contribution < -0.4 is 5.73 Å². The Morgan fingerprint density at radius 3 is 2.94 bits per heavy atom. The number of nitrogen functional groups attached to an aromatic ring is 1. The maximum atomic E-state index is 8.65. The number of hydrogen-bond acceptors (Lipinski definition) is 5. The van der Waals surface area contributed by atoms with Crippen LogP contribution in [0.3, 0.4) is 0 Å². The molecule has 16 heavy (non-hydrogen) atoms. The highest BCUT2D eigenvalue weighted by molar-refractivity contribution is 8.03. The molecule has 0 spiro atoms. The topological polar surface area (TPSA) is 80.5 Å². The molecule has 6 heteroatoms. The minimum Gasteiger partial charge on any atom is -0.383 e. The third kappa shape index (κ3) is 1.73. The second-order valence-electron chi connectivity index (χ2n) is 3.09. The molecule has 0 unspecified atom stereocenters. The van der Waals surface area contributed by atoms with Crippen LogP contribution in [0.2, 0.25) is 0 Å². The molecule has 0 radical (unpaired) electrons. The van der Waals surface area contributed by atoms with Crippen molar-refractivity contribution < 1.29 is 0 Å². The Bertz CT molecular complexity index is 540. The van der Waals surface area contributed by atoms with Crippen LogP contribution in [-0.4, -0.2) is 14.8 Å². The molecule has 0 amide bonds. The summed E-state index contributed by atoms with van der Waals surface area (Å²) in [5.41, 5.74) is 6.64. The second kappa shape index (κ2) is 4.24. The second-order valence-corrected chi connectivity index (χ2v) is 3.89. The molecule has 2 N–H and O–H groups in total. The van der Waals surface area contributed by atoms with Gasteiger partial charge in [-0.25, -0.2) is 4.98 Å². The molecule has 0 saturated carbocycles. The van der Waals surface area contributed by atoms with Gasteiger partial charge in [-0.05, 0) is 30.8 Å². The van der Waals surface area contributed by atoms with Gasteiger partial charge < -0.3 is 5.73 Å². The first-order valence-electron chi connectivity index (χ1n) is 4.56. The van der Waals surface area contributed by atoms with Crippen LogP contribution in [-0.2, 0) is 0 Å². The Balaban J connectivity index is 2.53. The highest BCUT2D eigenvalue weighted by atomic mass is 32.2. The fraction of sp³-hybridized carbons (Fsp3) is 0.100. The molecule has 2 heterocycles. The lowest BCUT2D eigenvalue weighted by molar-refractivity contribution is 0.841. The fourth-order valence-corrected chi connectivity index (χ4v) is 1.83. The van der Waals surface area contributed by atoms with E-state index in [1.165, 1.54) is 4.68 Å². The molecule has 0 bridgehead atoms. The third-order valence-corrected chi connectivity index (χ3v) is 2.85. The van der Waals surface area contributed by atoms with Crippen LogP contribution in [0.5, 0.6) is 0 Å². The van der Waals surface area contributed by atoms with Crippen molar-refractivity contribution in [3.8, 4) is 11.2 Å². The molecule has 0 aromatic carbocycles. The van der Waals surface area contributed by atoms with E-state index < -0.39 is 0 Å². The van der Waals surface area contributed by atoms with E-state index in [0.717, 1.165) is 17.5 Å². The van der Waals surface area contributed by atoms with E-state index in [1.54, 1.807) is 6.20 Å². The smallest absolute Gasteiger partial charge is 0.155 e. The van der Waals surface area contributed by atoms with Crippen LogP contribution in [0.25, 0.3) is 5.82 Å². The van der Waals surface area contributed by atoms with Gasteiger partial charge in [0.25, 0.3) is 0 Å². The van der Waals surface area contributed by atoms with Gasteiger partial charge in [-0.2, -0.15) is 15.0 Å². The van der Waals surface area contributed by atoms with Gasteiger partial charge in [0.1, 0.15) is 11.2 Å². The average Bonchev–Trinajstić information content (AvgIpc) is 2.59. The third-order valence-electron chi connectivity index (χ3n) is 2.05. The zero-order valence-electron chi connectivity index (χ0n) is 8.58. The number of thioether (sulfide) groups is 1. The number of aromatic nitrogens is 3. The Hall–Kier alpha value is -2.00. The van der Waals surface area contributed by atoms with Gasteiger partial charge in [-0.1, -0.05) is 6.07 Å². The zero-order chi connectivity index (χ0) is 11.5. The molecular formula is C10H9N5S. The number of thiocyanates is 1. The summed E-state index contributed by atoms with van der Waals surface area (Å²) in [6, 6.07) is 5.49. The normalized spacial score (nSPS) is 10.0. The largest absolute Gasteiger partial charge is 0.383 e. The van der Waals surface area contributed by atoms with Gasteiger partial charge in [-0.3, -0.25) is 0 Å². The van der Waals surface area contributed by atoms with E-state index in [-0.39, 0.29) is 0 Å². The zero-order valence-corrected chi connectivity index (χ0v) is 9.40. The number of anilines is 1. The lowest BCUT2D eigenvalue weighted by Gasteiger charge is -2.01. The summed E-state index contributed by atoms with van der Waals surface area (Å²) in [7, 11) is 0. The number of nitrogens with two attached hydrogens (primary N) is 1. The predicted molar refractivity (Wildman–Crippen MR) is 62.0 cm³/mol. The predicted octanol–water partition coefficient (Wildman–Crippen LogP) is 1.73. The molecule has 0 saturated heterocycles. The summed E-state index contributed by atoms with van der Waals surface area (Å²) in [6.45, 7) is 1.81. The molecule has 2 rings (SSSR count). The maximum absolute atomic E-state index is 8.65. The van der Waals surface area contributed by atoms with Gasteiger partial charge in [0.05, 0.1) is 10.6 Å². The van der Waals surface area contributed by atoms with Crippen molar-refractivity contribution in [1.29, 1.82) is 5.26 Å². The first-order chi connectivity index (χ1) is 7.74. The minimum atomic E-state index is 0.447. The monoisotopic (exact) mass is 231 g/mol. The van der Waals surface area contributed by atoms with Crippen molar-refractivity contribution >= 4 is 17.6 Å². The fourth-order valence-electron chi connectivity index (χ4n) is 1.36. The van der Waals surface area contributed by atoms with Crippen LogP contribution in [0, 0.1) is 17.6 Å². The number of rotatable bonds is 2. The number of hydrogen-bond donors (Lipinski definition) is 1. The van der Waals surface area contributed by atoms with Gasteiger partial charge in [0.2, 0.25) is 0 Å². The lowest BCUT2D eigenvalue weighted by Crippen LogP contribution is -2.03. The van der Waals surface area contributed by atoms with Gasteiger partial charge in [-0.15, -0.1) is 0 Å². The van der Waals surface area contributed by atoms with E-state index in [1.807, 2.05) is 30.5 Å². The van der Waals surface area contributed by atoms with Crippen molar-refractivity contribution in [1.82, 2.24) is 14.8 Å². The van der Waals surface area contributed by atoms with Crippen molar-refractivity contribution in [2.75, 3.05) is 5.73 Å². The van der Waals surface area contributed by atoms with Gasteiger partial charge >= 0.3 is 0 Å². The number of aryl methyl sites for hydroxylation is 1. The molecule has 5 nitrogen and oxygen atoms in total. The molecule has 80 valence electrons. The number of pyridine rings is 1. The van der Waals surface area contributed by atoms with Crippen LogP contribution in [0.15, 0.2) is 29.3 Å². The summed E-state index contributed by atoms with van der Waals surface area (Å²) in [4.78, 5) is 4.84. The number of nitriles is 1. The van der Waals surface area contributed by atoms with E-state index in [9.17, 15) is 0 Å². The molecule has 0 aliphatic heterocycles. The average molecular weight is 231 g/mol. The SMILES string of the molecule is Cc1nn(-c2ccccn2)c(N)c1SC#N. The molecule has 0 fully saturated rings. The molecule has 0 aliphatic rings. The quantitative estimate of drug-likeness (QED) is 0.628. The summed E-state index contributed by atoms with van der Waals surface area (Å²) in [5.74, 6) is 1.09. The minimum absolute atomic E-state index is 0.447. The molecule has 2 aromatic rings. The van der Waals surface area contributed by atoms with Crippen molar-refractivity contribution in [3.05, 3.63) is 30.1 Å². The summed E-state index contributed by atoms with van der Waals surface area (Å²) < 4.78 is 1.54. The first-order valence-corrected chi connectivity index (χ1v) is 5.38. The number of nitrogens with zero attached hydrogens (tertiary/aromatic N) is 4. The Kier molecular flexibility index (Phi) is 2.79. The van der Waals surface area contributed by atoms with E-state index in [4.69, 9.17) is 11.0 Å². The van der Waals surface area contributed by atoms with Gasteiger partial charge in [0, 0.05) is 6.20 Å². The molecule has 0 aliphatic carbocycles. The van der Waals surface area contributed by atoms with Crippen molar-refractivity contribution in [2.24, 2.45) is 0 Å². The molecule has 0 atom stereocenters. The van der Waals surface area contributed by atoms with Crippen LogP contribution in [0.1, 0.15) is 5.69 Å². The van der Waals surface area contributed by atoms with Gasteiger partial charge in [0.15, 0.2) is 5.82 Å². The highest BCUT2D eigenvalue weighted by Crippen LogP contribution is 2.28. The Morgan fingerprint density at radius 1 is 1.50 bits per heavy atom. The van der Waals surface area contributed by atoms with Crippen LogP contribution >= 0.6 is 11.8 Å². The van der Waals surface area contributed by atoms with E-state index >= 15 is 0 Å². The van der Waals surface area contributed by atoms with Crippen molar-refractivity contribution in [2.45, 2.75) is 11.8 Å². The van der Waals surface area contributed by atoms with Crippen molar-refractivity contribution in [3.63, 3.8) is 0 Å². The Labute approximate surface area is 96.9 Å². The summed E-state index contributed by atoms with van der Waals surface area (Å²) in [6.07, 6.45) is 1.67. The summed E-state index contributed by atoms with van der Waals surface area (Å²) >= 11 is 1.01. The van der Waals surface area contributed by atoms with Crippen LogP contribution in [0.4, 0.5) is 5.82 Å². The Morgan fingerprint density at radius 2 is 2.31 bits per heavy atom. The lowest BCUT2D eigenvalue weighted by atomic mass is 10.4. The first kappa shape index (κ1) is 10.5. The van der Waals surface area contributed by atoms with E-state index in [2.05, 4.69) is 10.1 Å². The highest BCUT2D eigenvalue weighted by Gasteiger charge is 2.14. The van der Waals surface area contributed by atoms with E-state index in [0.29, 0.717) is 16.5 Å². The summed E-state index contributed by atoms with van der Waals surface area (Å²) in [5, 5.41) is 14.9. The standard InChI is InChI=1S/C10H9N5S/c1-7-9(16-6-11)10(12)15(14-7)8-4-2-3-5-13-8/h2-5H,12H2,1H3. The molecule has 2 aromatic heterocycles. The molecular weight excluding hydrogens is 222 g/mol.